The number of unbranched alkanes of at least 4 members (excludes halogenated alkanes) is 2. The van der Waals surface area contributed by atoms with Crippen molar-refractivity contribution in [2.24, 2.45) is 0 Å². The highest BCUT2D eigenvalue weighted by atomic mass is 16.5. The quantitative estimate of drug-likeness (QED) is 0.610. The van der Waals surface area contributed by atoms with Gasteiger partial charge in [-0.3, -0.25) is 0 Å². The van der Waals surface area contributed by atoms with E-state index in [2.05, 4.69) is 34.4 Å². The molecule has 0 atom stereocenters. The third-order valence-corrected chi connectivity index (χ3v) is 3.11. The molecule has 1 rings (SSSR count). The highest BCUT2D eigenvalue weighted by Crippen LogP contribution is 2.21. The fourth-order valence-electron chi connectivity index (χ4n) is 2.13. The fraction of sp³-hybridized carbons (Fsp3) is 0.733. The Morgan fingerprint density at radius 1 is 1.05 bits per heavy atom. The Morgan fingerprint density at radius 3 is 2.45 bits per heavy atom. The summed E-state index contributed by atoms with van der Waals surface area (Å²) in [7, 11) is 1.75. The van der Waals surface area contributed by atoms with Crippen molar-refractivity contribution < 1.29 is 4.74 Å². The van der Waals surface area contributed by atoms with E-state index in [0.29, 0.717) is 0 Å². The van der Waals surface area contributed by atoms with E-state index in [4.69, 9.17) is 4.74 Å². The lowest BCUT2D eigenvalue weighted by molar-refractivity contribution is 0.192. The highest BCUT2D eigenvalue weighted by molar-refractivity contribution is 5.57. The summed E-state index contributed by atoms with van der Waals surface area (Å²) in [5.74, 6) is 1.94. The van der Waals surface area contributed by atoms with Gasteiger partial charge in [0.25, 0.3) is 0 Å². The number of aromatic nitrogens is 2. The van der Waals surface area contributed by atoms with Crippen molar-refractivity contribution in [3.8, 4) is 0 Å². The number of methoxy groups -OCH3 is 1. The number of nitrogens with one attached hydrogen (secondary N) is 2. The fourth-order valence-corrected chi connectivity index (χ4v) is 2.13. The van der Waals surface area contributed by atoms with Crippen molar-refractivity contribution in [3.63, 3.8) is 0 Å². The predicted molar refractivity (Wildman–Crippen MR) is 84.4 cm³/mol. The zero-order chi connectivity index (χ0) is 14.6. The molecule has 1 aromatic rings. The average molecular weight is 280 g/mol. The molecule has 0 unspecified atom stereocenters. The summed E-state index contributed by atoms with van der Waals surface area (Å²) in [6.07, 6.45) is 7.14. The van der Waals surface area contributed by atoms with Crippen LogP contribution in [0.1, 0.15) is 45.1 Å². The molecule has 5 nitrogen and oxygen atoms in total. The van der Waals surface area contributed by atoms with Crippen LogP contribution in [0.25, 0.3) is 0 Å². The van der Waals surface area contributed by atoms with Gasteiger partial charge in [0.15, 0.2) is 0 Å². The molecule has 5 heteroatoms. The van der Waals surface area contributed by atoms with Crippen molar-refractivity contribution >= 4 is 11.6 Å². The van der Waals surface area contributed by atoms with Gasteiger partial charge in [-0.2, -0.15) is 0 Å². The second-order valence-electron chi connectivity index (χ2n) is 4.81. The summed E-state index contributed by atoms with van der Waals surface area (Å²) in [5, 5.41) is 6.75. The molecule has 0 bridgehead atoms. The first-order valence-corrected chi connectivity index (χ1v) is 7.64. The van der Waals surface area contributed by atoms with Crippen molar-refractivity contribution in [1.82, 2.24) is 9.97 Å². The molecule has 0 saturated carbocycles. The minimum atomic E-state index is 0.846. The molecule has 0 aliphatic heterocycles. The smallest absolute Gasteiger partial charge is 0.134 e. The molecule has 0 fully saturated rings. The van der Waals surface area contributed by atoms with Gasteiger partial charge in [0, 0.05) is 32.4 Å². The maximum Gasteiger partial charge on any atom is 0.134 e. The van der Waals surface area contributed by atoms with Gasteiger partial charge in [-0.25, -0.2) is 9.97 Å². The number of anilines is 2. The molecule has 0 amide bonds. The standard InChI is InChI=1S/C15H28N4O/c1-4-9-13-14(16-5-2)18-12-19-15(13)17-10-7-6-8-11-20-3/h12H,4-11H2,1-3H3,(H2,16,17,18,19). The molecule has 2 N–H and O–H groups in total. The Bertz CT molecular complexity index is 371. The van der Waals surface area contributed by atoms with Crippen LogP contribution in [0, 0.1) is 0 Å². The van der Waals surface area contributed by atoms with Crippen LogP contribution >= 0.6 is 0 Å². The molecule has 0 aliphatic carbocycles. The number of ether oxygens (including phenoxy) is 1. The number of hydrogen-bond donors (Lipinski definition) is 2. The van der Waals surface area contributed by atoms with Crippen LogP contribution < -0.4 is 10.6 Å². The van der Waals surface area contributed by atoms with Crippen molar-refractivity contribution in [3.05, 3.63) is 11.9 Å². The molecule has 114 valence electrons. The SMILES string of the molecule is CCCc1c(NCC)ncnc1NCCCCCOC. The molecular formula is C15H28N4O. The van der Waals surface area contributed by atoms with Crippen LogP contribution in [0.2, 0.25) is 0 Å². The zero-order valence-corrected chi connectivity index (χ0v) is 13.0. The molecule has 20 heavy (non-hydrogen) atoms. The van der Waals surface area contributed by atoms with E-state index in [0.717, 1.165) is 57.0 Å². The lowest BCUT2D eigenvalue weighted by Gasteiger charge is -2.14. The summed E-state index contributed by atoms with van der Waals surface area (Å²) < 4.78 is 5.05. The molecule has 0 saturated heterocycles. The summed E-state index contributed by atoms with van der Waals surface area (Å²) >= 11 is 0. The minimum absolute atomic E-state index is 0.846. The van der Waals surface area contributed by atoms with Gasteiger partial charge in [0.2, 0.25) is 0 Å². The average Bonchev–Trinajstić information content (AvgIpc) is 2.46. The molecule has 0 spiro atoms. The predicted octanol–water partition coefficient (Wildman–Crippen LogP) is 3.09. The Labute approximate surface area is 122 Å². The summed E-state index contributed by atoms with van der Waals surface area (Å²) in [6.45, 7) is 6.93. The first-order valence-electron chi connectivity index (χ1n) is 7.64. The van der Waals surface area contributed by atoms with Crippen LogP contribution in [0.4, 0.5) is 11.6 Å². The first kappa shape index (κ1) is 16.7. The normalized spacial score (nSPS) is 10.6. The number of rotatable bonds is 11. The van der Waals surface area contributed by atoms with E-state index in [1.807, 2.05) is 0 Å². The lowest BCUT2D eigenvalue weighted by Crippen LogP contribution is -2.11. The monoisotopic (exact) mass is 280 g/mol. The van der Waals surface area contributed by atoms with Gasteiger partial charge in [0.1, 0.15) is 18.0 Å². The maximum atomic E-state index is 5.05. The number of hydrogen-bond acceptors (Lipinski definition) is 5. The third kappa shape index (κ3) is 5.74. The van der Waals surface area contributed by atoms with Crippen molar-refractivity contribution in [1.29, 1.82) is 0 Å². The maximum absolute atomic E-state index is 5.05. The van der Waals surface area contributed by atoms with Gasteiger partial charge in [-0.15, -0.1) is 0 Å². The molecule has 1 heterocycles. The summed E-state index contributed by atoms with van der Waals surface area (Å²) in [4.78, 5) is 8.72. The zero-order valence-electron chi connectivity index (χ0n) is 13.0. The van der Waals surface area contributed by atoms with E-state index in [1.165, 1.54) is 12.0 Å². The molecular weight excluding hydrogens is 252 g/mol. The first-order chi connectivity index (χ1) is 9.83. The molecule has 0 aliphatic rings. The van der Waals surface area contributed by atoms with E-state index in [9.17, 15) is 0 Å². The van der Waals surface area contributed by atoms with Crippen molar-refractivity contribution in [2.45, 2.75) is 46.0 Å². The summed E-state index contributed by atoms with van der Waals surface area (Å²) in [5.41, 5.74) is 1.20. The van der Waals surface area contributed by atoms with Crippen LogP contribution in [-0.2, 0) is 11.2 Å². The van der Waals surface area contributed by atoms with Crippen LogP contribution in [0.3, 0.4) is 0 Å². The largest absolute Gasteiger partial charge is 0.385 e. The third-order valence-electron chi connectivity index (χ3n) is 3.11. The number of nitrogens with zero attached hydrogens (tertiary/aromatic N) is 2. The highest BCUT2D eigenvalue weighted by Gasteiger charge is 2.09. The van der Waals surface area contributed by atoms with E-state index in [1.54, 1.807) is 13.4 Å². The second kappa shape index (κ2) is 10.4. The van der Waals surface area contributed by atoms with Crippen LogP contribution in [0.15, 0.2) is 6.33 Å². The van der Waals surface area contributed by atoms with Crippen LogP contribution in [0.5, 0.6) is 0 Å². The second-order valence-corrected chi connectivity index (χ2v) is 4.81. The molecule has 0 aromatic carbocycles. The van der Waals surface area contributed by atoms with E-state index >= 15 is 0 Å². The molecule has 1 aromatic heterocycles. The van der Waals surface area contributed by atoms with E-state index < -0.39 is 0 Å². The van der Waals surface area contributed by atoms with Gasteiger partial charge >= 0.3 is 0 Å². The van der Waals surface area contributed by atoms with Crippen LogP contribution in [-0.4, -0.2) is 36.8 Å². The Balaban J connectivity index is 2.52. The minimum Gasteiger partial charge on any atom is -0.385 e. The Morgan fingerprint density at radius 2 is 1.80 bits per heavy atom. The Hall–Kier alpha value is -1.36. The van der Waals surface area contributed by atoms with Crippen molar-refractivity contribution in [2.75, 3.05) is 37.4 Å². The topological polar surface area (TPSA) is 59.1 Å². The lowest BCUT2D eigenvalue weighted by atomic mass is 10.1. The summed E-state index contributed by atoms with van der Waals surface area (Å²) in [6, 6.07) is 0. The van der Waals surface area contributed by atoms with E-state index in [-0.39, 0.29) is 0 Å². The Kier molecular flexibility index (Phi) is 8.71. The van der Waals surface area contributed by atoms with Gasteiger partial charge in [-0.1, -0.05) is 13.3 Å². The molecule has 0 radical (unpaired) electrons. The van der Waals surface area contributed by atoms with Gasteiger partial charge in [-0.05, 0) is 32.6 Å². The van der Waals surface area contributed by atoms with Gasteiger partial charge in [0.05, 0.1) is 0 Å². The van der Waals surface area contributed by atoms with Gasteiger partial charge < -0.3 is 15.4 Å².